The maximum atomic E-state index is 12.4. The average molecular weight is 279 g/mol. The van der Waals surface area contributed by atoms with Crippen molar-refractivity contribution in [3.8, 4) is 0 Å². The smallest absolute Gasteiger partial charge is 0.293 e. The highest BCUT2D eigenvalue weighted by molar-refractivity contribution is 5.33. The summed E-state index contributed by atoms with van der Waals surface area (Å²) in [7, 11) is 0. The van der Waals surface area contributed by atoms with Gasteiger partial charge in [-0.1, -0.05) is 24.3 Å². The van der Waals surface area contributed by atoms with Gasteiger partial charge in [-0.3, -0.25) is 4.79 Å². The molecule has 2 aromatic rings. The Bertz CT molecular complexity index is 623. The number of alkyl halides is 2. The predicted molar refractivity (Wildman–Crippen MR) is 72.9 cm³/mol. The number of aromatic nitrogens is 2. The number of anilines is 1. The van der Waals surface area contributed by atoms with Crippen LogP contribution in [-0.2, 0) is 13.1 Å². The van der Waals surface area contributed by atoms with Gasteiger partial charge in [-0.25, -0.2) is 13.8 Å². The molecule has 0 aliphatic carbocycles. The van der Waals surface area contributed by atoms with Gasteiger partial charge in [-0.2, -0.15) is 0 Å². The predicted octanol–water partition coefficient (Wildman–Crippen LogP) is 2.81. The van der Waals surface area contributed by atoms with Crippen LogP contribution in [0.25, 0.3) is 0 Å². The van der Waals surface area contributed by atoms with Crippen molar-refractivity contribution in [2.75, 3.05) is 5.32 Å². The molecule has 20 heavy (non-hydrogen) atoms. The van der Waals surface area contributed by atoms with Gasteiger partial charge in [-0.05, 0) is 12.5 Å². The third-order valence-corrected chi connectivity index (χ3v) is 2.95. The van der Waals surface area contributed by atoms with Crippen LogP contribution in [0.15, 0.2) is 41.5 Å². The first-order valence-electron chi connectivity index (χ1n) is 6.28. The van der Waals surface area contributed by atoms with Gasteiger partial charge in [0.1, 0.15) is 0 Å². The zero-order valence-corrected chi connectivity index (χ0v) is 11.0. The van der Waals surface area contributed by atoms with Gasteiger partial charge in [0.15, 0.2) is 5.82 Å². The van der Waals surface area contributed by atoms with Crippen molar-refractivity contribution >= 4 is 5.82 Å². The van der Waals surface area contributed by atoms with Gasteiger partial charge in [0.05, 0.1) is 0 Å². The molecule has 0 unspecified atom stereocenters. The van der Waals surface area contributed by atoms with Crippen LogP contribution in [0.5, 0.6) is 0 Å². The highest BCUT2D eigenvalue weighted by atomic mass is 19.3. The van der Waals surface area contributed by atoms with Gasteiger partial charge in [0, 0.05) is 31.0 Å². The van der Waals surface area contributed by atoms with Gasteiger partial charge in [0.2, 0.25) is 0 Å². The van der Waals surface area contributed by atoms with Crippen molar-refractivity contribution in [1.82, 2.24) is 9.55 Å². The molecule has 0 bridgehead atoms. The molecule has 0 atom stereocenters. The van der Waals surface area contributed by atoms with Crippen molar-refractivity contribution in [3.05, 3.63) is 58.1 Å². The number of hydrogen-bond acceptors (Lipinski definition) is 3. The van der Waals surface area contributed by atoms with E-state index in [4.69, 9.17) is 0 Å². The average Bonchev–Trinajstić information content (AvgIpc) is 2.46. The normalized spacial score (nSPS) is 10.8. The van der Waals surface area contributed by atoms with E-state index in [-0.39, 0.29) is 16.9 Å². The minimum atomic E-state index is -2.47. The molecule has 0 radical (unpaired) electrons. The Morgan fingerprint density at radius 3 is 2.60 bits per heavy atom. The van der Waals surface area contributed by atoms with Crippen LogP contribution in [0.4, 0.5) is 14.6 Å². The number of benzene rings is 1. The Labute approximate surface area is 115 Å². The van der Waals surface area contributed by atoms with Crippen molar-refractivity contribution in [2.45, 2.75) is 26.4 Å². The highest BCUT2D eigenvalue weighted by Crippen LogP contribution is 2.18. The lowest BCUT2D eigenvalue weighted by atomic mass is 10.1. The summed E-state index contributed by atoms with van der Waals surface area (Å²) in [5, 5.41) is 2.92. The lowest BCUT2D eigenvalue weighted by Crippen LogP contribution is -2.23. The monoisotopic (exact) mass is 279 g/mol. The van der Waals surface area contributed by atoms with Crippen LogP contribution >= 0.6 is 0 Å². The molecule has 0 saturated heterocycles. The molecular weight excluding hydrogens is 264 g/mol. The van der Waals surface area contributed by atoms with Crippen molar-refractivity contribution in [1.29, 1.82) is 0 Å². The first-order valence-corrected chi connectivity index (χ1v) is 6.28. The summed E-state index contributed by atoms with van der Waals surface area (Å²) in [5.41, 5.74) is 0.599. The molecule has 1 N–H and O–H groups in total. The highest BCUT2D eigenvalue weighted by Gasteiger charge is 2.07. The maximum absolute atomic E-state index is 12.4. The van der Waals surface area contributed by atoms with Crippen LogP contribution in [0.3, 0.4) is 0 Å². The van der Waals surface area contributed by atoms with Crippen molar-refractivity contribution in [2.24, 2.45) is 0 Å². The summed E-state index contributed by atoms with van der Waals surface area (Å²) in [5.74, 6) is 0.257. The second-order valence-electron chi connectivity index (χ2n) is 4.26. The Morgan fingerprint density at radius 1 is 1.30 bits per heavy atom. The van der Waals surface area contributed by atoms with Crippen molar-refractivity contribution in [3.63, 3.8) is 0 Å². The Kier molecular flexibility index (Phi) is 4.45. The van der Waals surface area contributed by atoms with E-state index in [9.17, 15) is 13.6 Å². The number of nitrogens with one attached hydrogen (secondary N) is 1. The van der Waals surface area contributed by atoms with Gasteiger partial charge >= 0.3 is 0 Å². The minimum absolute atomic E-state index is 0.0140. The van der Waals surface area contributed by atoms with E-state index in [1.54, 1.807) is 24.5 Å². The molecule has 2 rings (SSSR count). The van der Waals surface area contributed by atoms with Crippen molar-refractivity contribution < 1.29 is 8.78 Å². The second kappa shape index (κ2) is 6.27. The van der Waals surface area contributed by atoms with Crippen LogP contribution in [-0.4, -0.2) is 9.55 Å². The standard InChI is InChI=1S/C14H15F2N3O/c1-2-19-8-7-17-13(14(19)20)18-9-10-3-5-11(6-4-10)12(15)16/h3-8,12H,2,9H2,1H3,(H,17,18). The van der Waals surface area contributed by atoms with E-state index in [1.165, 1.54) is 16.7 Å². The fourth-order valence-electron chi connectivity index (χ4n) is 1.78. The molecule has 0 aliphatic rings. The zero-order valence-electron chi connectivity index (χ0n) is 11.0. The van der Waals surface area contributed by atoms with E-state index < -0.39 is 6.43 Å². The fourth-order valence-corrected chi connectivity index (χ4v) is 1.78. The van der Waals surface area contributed by atoms with Gasteiger partial charge in [0.25, 0.3) is 12.0 Å². The lowest BCUT2D eigenvalue weighted by molar-refractivity contribution is 0.151. The minimum Gasteiger partial charge on any atom is -0.361 e. The van der Waals surface area contributed by atoms with Gasteiger partial charge in [-0.15, -0.1) is 0 Å². The molecule has 0 fully saturated rings. The summed E-state index contributed by atoms with van der Waals surface area (Å²) in [6.07, 6.45) is 0.697. The molecule has 6 heteroatoms. The Morgan fingerprint density at radius 2 is 2.00 bits per heavy atom. The zero-order chi connectivity index (χ0) is 14.5. The van der Waals surface area contributed by atoms with E-state index >= 15 is 0 Å². The summed E-state index contributed by atoms with van der Waals surface area (Å²) in [6.45, 7) is 2.80. The van der Waals surface area contributed by atoms with E-state index in [0.29, 0.717) is 13.1 Å². The van der Waals surface area contributed by atoms with E-state index in [0.717, 1.165) is 5.56 Å². The summed E-state index contributed by atoms with van der Waals surface area (Å²) in [6, 6.07) is 5.97. The number of rotatable bonds is 5. The molecule has 0 amide bonds. The largest absolute Gasteiger partial charge is 0.361 e. The number of nitrogens with zero attached hydrogens (tertiary/aromatic N) is 2. The number of hydrogen-bond donors (Lipinski definition) is 1. The topological polar surface area (TPSA) is 46.9 Å². The SMILES string of the molecule is CCn1ccnc(NCc2ccc(C(F)F)cc2)c1=O. The first kappa shape index (κ1) is 14.2. The van der Waals surface area contributed by atoms with Crippen LogP contribution < -0.4 is 10.9 Å². The fraction of sp³-hybridized carbons (Fsp3) is 0.286. The Hall–Kier alpha value is -2.24. The Balaban J connectivity index is 2.07. The summed E-state index contributed by atoms with van der Waals surface area (Å²) in [4.78, 5) is 15.9. The molecule has 4 nitrogen and oxygen atoms in total. The first-order chi connectivity index (χ1) is 9.61. The third-order valence-electron chi connectivity index (χ3n) is 2.95. The van der Waals surface area contributed by atoms with Crippen LogP contribution in [0, 0.1) is 0 Å². The van der Waals surface area contributed by atoms with Crippen LogP contribution in [0.1, 0.15) is 24.5 Å². The van der Waals surface area contributed by atoms with E-state index in [1.807, 2.05) is 6.92 Å². The molecule has 0 aliphatic heterocycles. The molecule has 0 saturated carbocycles. The van der Waals surface area contributed by atoms with Crippen LogP contribution in [0.2, 0.25) is 0 Å². The molecule has 106 valence electrons. The molecule has 1 aromatic carbocycles. The maximum Gasteiger partial charge on any atom is 0.293 e. The molecule has 1 aromatic heterocycles. The molecule has 0 spiro atoms. The van der Waals surface area contributed by atoms with E-state index in [2.05, 4.69) is 10.3 Å². The third kappa shape index (κ3) is 3.20. The number of aryl methyl sites for hydroxylation is 1. The molecule has 1 heterocycles. The summed E-state index contributed by atoms with van der Waals surface area (Å²) < 4.78 is 26.4. The summed E-state index contributed by atoms with van der Waals surface area (Å²) >= 11 is 0. The second-order valence-corrected chi connectivity index (χ2v) is 4.26. The quantitative estimate of drug-likeness (QED) is 0.915. The molecular formula is C14H15F2N3O. The lowest BCUT2D eigenvalue weighted by Gasteiger charge is -2.08. The van der Waals surface area contributed by atoms with Gasteiger partial charge < -0.3 is 9.88 Å². The number of halogens is 2.